The van der Waals surface area contributed by atoms with Crippen LogP contribution in [0.25, 0.3) is 0 Å². The van der Waals surface area contributed by atoms with E-state index >= 15 is 0 Å². The van der Waals surface area contributed by atoms with Gasteiger partial charge in [-0.05, 0) is 45.7 Å². The number of carbonyl (C=O) groups is 3. The molecule has 1 aromatic heterocycles. The van der Waals surface area contributed by atoms with Crippen molar-refractivity contribution in [3.8, 4) is 0 Å². The first-order valence-electron chi connectivity index (χ1n) is 8.73. The Morgan fingerprint density at radius 3 is 2.14 bits per heavy atom. The van der Waals surface area contributed by atoms with Crippen LogP contribution in [-0.2, 0) is 14.3 Å². The summed E-state index contributed by atoms with van der Waals surface area (Å²) in [5, 5.41) is 8.99. The van der Waals surface area contributed by atoms with Crippen molar-refractivity contribution in [2.45, 2.75) is 54.1 Å². The van der Waals surface area contributed by atoms with Crippen molar-refractivity contribution in [1.29, 1.82) is 0 Å². The van der Waals surface area contributed by atoms with E-state index in [1.165, 1.54) is 18.2 Å². The molecule has 1 heterocycles. The van der Waals surface area contributed by atoms with E-state index in [1.54, 1.807) is 27.7 Å². The van der Waals surface area contributed by atoms with E-state index < -0.39 is 30.2 Å². The Morgan fingerprint density at radius 2 is 1.71 bits per heavy atom. The summed E-state index contributed by atoms with van der Waals surface area (Å²) in [5.74, 6) is -1.07. The molecule has 8 nitrogen and oxygen atoms in total. The van der Waals surface area contributed by atoms with Crippen molar-refractivity contribution in [2.75, 3.05) is 18.1 Å². The molecule has 0 aromatic carbocycles. The summed E-state index contributed by atoms with van der Waals surface area (Å²) >= 11 is 0. The van der Waals surface area contributed by atoms with Crippen LogP contribution >= 0.6 is 0 Å². The number of nitrogens with zero attached hydrogens (tertiary/aromatic N) is 2. The van der Waals surface area contributed by atoms with Crippen LogP contribution in [0.4, 0.5) is 10.6 Å². The molecule has 28 heavy (non-hydrogen) atoms. The molecule has 1 N–H and O–H groups in total. The smallest absolute Gasteiger partial charge is 0.416 e. The van der Waals surface area contributed by atoms with Gasteiger partial charge in [-0.15, -0.1) is 0 Å². The Hall–Kier alpha value is -1.64. The third kappa shape index (κ3) is 12.7. The van der Waals surface area contributed by atoms with E-state index in [0.29, 0.717) is 0 Å². The summed E-state index contributed by atoms with van der Waals surface area (Å²) in [7, 11) is 0. The van der Waals surface area contributed by atoms with Crippen LogP contribution in [0.1, 0.15) is 59.0 Å². The van der Waals surface area contributed by atoms with E-state index in [4.69, 9.17) is 14.6 Å². The number of amides is 1. The first-order chi connectivity index (χ1) is 12.4. The topological polar surface area (TPSA) is 106 Å². The number of carbonyl (C=O) groups excluding carboxylic acids is 2. The molecule has 1 rings (SSSR count). The van der Waals surface area contributed by atoms with E-state index in [2.05, 4.69) is 25.8 Å². The summed E-state index contributed by atoms with van der Waals surface area (Å²) in [4.78, 5) is 39.7. The van der Waals surface area contributed by atoms with Crippen LogP contribution < -0.4 is 4.90 Å². The standard InChI is InChI=1S/C15H20N2O6.C4H10.Na/c1-5-22-13(20)10-7-6-8-11(16-10)17(9-12(18)19)14(21)23-15(2,3)4;1-4(2)3;/h6-8H,5,9H2,1-4H3,(H,18,19);4H,1-3H3;. The SMILES string of the molecule is CC(C)C.CCOC(=O)c1cccc(N(CC(=O)O)C(=O)OC(C)(C)C)n1.[Na]. The maximum absolute atomic E-state index is 12.2. The molecule has 1 aromatic rings. The summed E-state index contributed by atoms with van der Waals surface area (Å²) in [6, 6.07) is 4.30. The largest absolute Gasteiger partial charge is 0.480 e. The van der Waals surface area contributed by atoms with Crippen LogP contribution in [0.5, 0.6) is 0 Å². The summed E-state index contributed by atoms with van der Waals surface area (Å²) < 4.78 is 10.0. The van der Waals surface area contributed by atoms with Crippen molar-refractivity contribution in [2.24, 2.45) is 5.92 Å². The maximum Gasteiger partial charge on any atom is 0.416 e. The minimum Gasteiger partial charge on any atom is -0.480 e. The van der Waals surface area contributed by atoms with Gasteiger partial charge < -0.3 is 14.6 Å². The number of aromatic nitrogens is 1. The fourth-order valence-corrected chi connectivity index (χ4v) is 1.58. The van der Waals surface area contributed by atoms with Crippen LogP contribution in [0, 0.1) is 5.92 Å². The molecule has 1 radical (unpaired) electrons. The first-order valence-corrected chi connectivity index (χ1v) is 8.73. The van der Waals surface area contributed by atoms with Crippen molar-refractivity contribution >= 4 is 53.4 Å². The Balaban J connectivity index is 0. The molecule has 0 atom stereocenters. The minimum absolute atomic E-state index is 0. The number of pyridine rings is 1. The molecule has 0 bridgehead atoms. The van der Waals surface area contributed by atoms with E-state index in [1.807, 2.05) is 0 Å². The number of aliphatic carboxylic acids is 1. The summed E-state index contributed by atoms with van der Waals surface area (Å²) in [6.07, 6.45) is -0.867. The quantitative estimate of drug-likeness (QED) is 0.591. The zero-order chi connectivity index (χ0) is 21.2. The van der Waals surface area contributed by atoms with Crippen molar-refractivity contribution in [1.82, 2.24) is 4.98 Å². The van der Waals surface area contributed by atoms with Gasteiger partial charge in [0, 0.05) is 29.6 Å². The molecule has 0 saturated carbocycles. The van der Waals surface area contributed by atoms with Gasteiger partial charge in [-0.3, -0.25) is 9.69 Å². The van der Waals surface area contributed by atoms with Gasteiger partial charge in [0.15, 0.2) is 5.69 Å². The first kappa shape index (κ1) is 28.6. The van der Waals surface area contributed by atoms with Crippen LogP contribution in [-0.4, -0.2) is 76.4 Å². The minimum atomic E-state index is -1.24. The van der Waals surface area contributed by atoms with Gasteiger partial charge in [0.25, 0.3) is 0 Å². The van der Waals surface area contributed by atoms with E-state index in [9.17, 15) is 14.4 Å². The third-order valence-corrected chi connectivity index (χ3v) is 2.40. The molecule has 0 saturated heterocycles. The molecule has 0 aliphatic heterocycles. The monoisotopic (exact) mass is 405 g/mol. The molecule has 0 spiro atoms. The molecule has 153 valence electrons. The van der Waals surface area contributed by atoms with Crippen molar-refractivity contribution in [3.63, 3.8) is 0 Å². The zero-order valence-electron chi connectivity index (χ0n) is 18.1. The number of ether oxygens (including phenoxy) is 2. The van der Waals surface area contributed by atoms with Gasteiger partial charge in [0.1, 0.15) is 18.0 Å². The van der Waals surface area contributed by atoms with Crippen LogP contribution in [0.2, 0.25) is 0 Å². The van der Waals surface area contributed by atoms with Crippen molar-refractivity contribution in [3.05, 3.63) is 23.9 Å². The van der Waals surface area contributed by atoms with Gasteiger partial charge >= 0.3 is 18.0 Å². The van der Waals surface area contributed by atoms with Gasteiger partial charge in [0.2, 0.25) is 0 Å². The van der Waals surface area contributed by atoms with E-state index in [0.717, 1.165) is 10.8 Å². The van der Waals surface area contributed by atoms with Crippen molar-refractivity contribution < 1.29 is 29.0 Å². The fraction of sp³-hybridized carbons (Fsp3) is 0.579. The average Bonchev–Trinajstić information content (AvgIpc) is 2.50. The van der Waals surface area contributed by atoms with Gasteiger partial charge in [-0.2, -0.15) is 0 Å². The molecular formula is C19H30N2NaO6. The Bertz CT molecular complexity index is 641. The predicted octanol–water partition coefficient (Wildman–Crippen LogP) is 3.37. The zero-order valence-corrected chi connectivity index (χ0v) is 20.1. The molecule has 9 heteroatoms. The normalized spacial score (nSPS) is 10.1. The number of hydrogen-bond donors (Lipinski definition) is 1. The number of carboxylic acid groups (broad SMARTS) is 1. The Morgan fingerprint density at radius 1 is 1.18 bits per heavy atom. The summed E-state index contributed by atoms with van der Waals surface area (Å²) in [6.45, 7) is 12.7. The molecular weight excluding hydrogens is 375 g/mol. The Kier molecular flexibility index (Phi) is 13.8. The summed E-state index contributed by atoms with van der Waals surface area (Å²) in [5.41, 5.74) is -0.824. The van der Waals surface area contributed by atoms with Gasteiger partial charge in [-0.1, -0.05) is 26.8 Å². The maximum atomic E-state index is 12.2. The number of carboxylic acids is 1. The molecule has 0 fully saturated rings. The third-order valence-electron chi connectivity index (χ3n) is 2.40. The molecule has 1 amide bonds. The predicted molar refractivity (Wildman–Crippen MR) is 108 cm³/mol. The van der Waals surface area contributed by atoms with Gasteiger partial charge in [-0.25, -0.2) is 14.6 Å². The second-order valence-corrected chi connectivity index (χ2v) is 7.29. The average molecular weight is 405 g/mol. The number of anilines is 1. The molecule has 0 aliphatic carbocycles. The Labute approximate surface area is 188 Å². The second kappa shape index (κ2) is 13.5. The van der Waals surface area contributed by atoms with E-state index in [-0.39, 0.29) is 47.7 Å². The number of esters is 1. The fourth-order valence-electron chi connectivity index (χ4n) is 1.58. The van der Waals surface area contributed by atoms with Gasteiger partial charge in [0.05, 0.1) is 6.61 Å². The van der Waals surface area contributed by atoms with Crippen LogP contribution in [0.15, 0.2) is 18.2 Å². The number of hydrogen-bond acceptors (Lipinski definition) is 6. The number of rotatable bonds is 5. The van der Waals surface area contributed by atoms with Crippen LogP contribution in [0.3, 0.4) is 0 Å². The second-order valence-electron chi connectivity index (χ2n) is 7.29. The molecule has 0 aliphatic rings. The molecule has 0 unspecified atom stereocenters.